The molecule has 4 nitrogen and oxygen atoms in total. The molecule has 0 aromatic heterocycles. The number of hydrogen-bond acceptors (Lipinski definition) is 2. The SMILES string of the molecule is CCCN(CCC)C(=O)CC(=O)Nc1ccc(C)cc1C. The van der Waals surface area contributed by atoms with E-state index in [1.807, 2.05) is 45.9 Å². The van der Waals surface area contributed by atoms with Crippen LogP contribution in [0.2, 0.25) is 0 Å². The maximum Gasteiger partial charge on any atom is 0.233 e. The van der Waals surface area contributed by atoms with E-state index in [1.54, 1.807) is 4.90 Å². The first kappa shape index (κ1) is 17.2. The Bertz CT molecular complexity index is 492. The fourth-order valence-electron chi connectivity index (χ4n) is 2.30. The van der Waals surface area contributed by atoms with Crippen molar-refractivity contribution < 1.29 is 9.59 Å². The minimum absolute atomic E-state index is 0.0900. The fraction of sp³-hybridized carbons (Fsp3) is 0.529. The number of rotatable bonds is 7. The third-order valence-corrected chi connectivity index (χ3v) is 3.31. The van der Waals surface area contributed by atoms with Gasteiger partial charge >= 0.3 is 0 Å². The van der Waals surface area contributed by atoms with Crippen molar-refractivity contribution in [3.05, 3.63) is 29.3 Å². The molecule has 21 heavy (non-hydrogen) atoms. The number of hydrogen-bond donors (Lipinski definition) is 1. The largest absolute Gasteiger partial charge is 0.342 e. The summed E-state index contributed by atoms with van der Waals surface area (Å²) in [4.78, 5) is 25.9. The fourth-order valence-corrected chi connectivity index (χ4v) is 2.30. The van der Waals surface area contributed by atoms with E-state index in [1.165, 1.54) is 0 Å². The third kappa shape index (κ3) is 5.58. The lowest BCUT2D eigenvalue weighted by Gasteiger charge is -2.21. The minimum atomic E-state index is -0.246. The molecule has 0 unspecified atom stereocenters. The average Bonchev–Trinajstić information content (AvgIpc) is 2.41. The number of amides is 2. The number of carbonyl (C=O) groups is 2. The van der Waals surface area contributed by atoms with Gasteiger partial charge in [0, 0.05) is 18.8 Å². The van der Waals surface area contributed by atoms with Gasteiger partial charge in [0.2, 0.25) is 11.8 Å². The molecule has 1 rings (SSSR count). The van der Waals surface area contributed by atoms with Crippen LogP contribution in [0.4, 0.5) is 5.69 Å². The molecular weight excluding hydrogens is 264 g/mol. The van der Waals surface area contributed by atoms with E-state index in [4.69, 9.17) is 0 Å². The normalized spacial score (nSPS) is 10.3. The lowest BCUT2D eigenvalue weighted by atomic mass is 10.1. The Morgan fingerprint density at radius 1 is 1.10 bits per heavy atom. The van der Waals surface area contributed by atoms with Crippen LogP contribution in [0.25, 0.3) is 0 Å². The highest BCUT2D eigenvalue weighted by atomic mass is 16.2. The summed E-state index contributed by atoms with van der Waals surface area (Å²) in [5, 5.41) is 2.82. The summed E-state index contributed by atoms with van der Waals surface area (Å²) in [5.41, 5.74) is 2.93. The molecule has 0 spiro atoms. The quantitative estimate of drug-likeness (QED) is 0.783. The van der Waals surface area contributed by atoms with Crippen molar-refractivity contribution >= 4 is 17.5 Å². The zero-order chi connectivity index (χ0) is 15.8. The Hall–Kier alpha value is -1.84. The third-order valence-electron chi connectivity index (χ3n) is 3.31. The highest BCUT2D eigenvalue weighted by Crippen LogP contribution is 2.16. The molecule has 0 heterocycles. The van der Waals surface area contributed by atoms with E-state index in [2.05, 4.69) is 5.32 Å². The Balaban J connectivity index is 2.61. The maximum absolute atomic E-state index is 12.1. The topological polar surface area (TPSA) is 49.4 Å². The minimum Gasteiger partial charge on any atom is -0.342 e. The van der Waals surface area contributed by atoms with E-state index in [0.29, 0.717) is 13.1 Å². The Morgan fingerprint density at radius 3 is 2.24 bits per heavy atom. The number of carbonyl (C=O) groups excluding carboxylic acids is 2. The first-order valence-corrected chi connectivity index (χ1v) is 7.62. The van der Waals surface area contributed by atoms with E-state index in [0.717, 1.165) is 29.7 Å². The molecule has 0 saturated carbocycles. The predicted molar refractivity (Wildman–Crippen MR) is 86.3 cm³/mol. The summed E-state index contributed by atoms with van der Waals surface area (Å²) in [6, 6.07) is 5.84. The van der Waals surface area contributed by atoms with Gasteiger partial charge in [0.1, 0.15) is 6.42 Å². The zero-order valence-corrected chi connectivity index (χ0v) is 13.5. The summed E-state index contributed by atoms with van der Waals surface area (Å²) < 4.78 is 0. The summed E-state index contributed by atoms with van der Waals surface area (Å²) in [6.07, 6.45) is 1.72. The standard InChI is InChI=1S/C17H26N2O2/c1-5-9-19(10-6-2)17(21)12-16(20)18-15-8-7-13(3)11-14(15)4/h7-8,11H,5-6,9-10,12H2,1-4H3,(H,18,20). The molecule has 1 aromatic rings. The Kier molecular flexibility index (Phi) is 6.92. The Morgan fingerprint density at radius 2 is 1.71 bits per heavy atom. The first-order chi connectivity index (χ1) is 9.97. The van der Waals surface area contributed by atoms with Crippen LogP contribution >= 0.6 is 0 Å². The van der Waals surface area contributed by atoms with E-state index >= 15 is 0 Å². The summed E-state index contributed by atoms with van der Waals surface area (Å²) in [6.45, 7) is 9.45. The average molecular weight is 290 g/mol. The molecule has 2 amide bonds. The monoisotopic (exact) mass is 290 g/mol. The van der Waals surface area contributed by atoms with Crippen molar-refractivity contribution in [2.24, 2.45) is 0 Å². The van der Waals surface area contributed by atoms with Crippen molar-refractivity contribution in [3.63, 3.8) is 0 Å². The number of aryl methyl sites for hydroxylation is 2. The smallest absolute Gasteiger partial charge is 0.233 e. The van der Waals surface area contributed by atoms with Crippen molar-refractivity contribution in [2.75, 3.05) is 18.4 Å². The summed E-state index contributed by atoms with van der Waals surface area (Å²) >= 11 is 0. The number of anilines is 1. The van der Waals surface area contributed by atoms with E-state index in [9.17, 15) is 9.59 Å². The van der Waals surface area contributed by atoms with Crippen LogP contribution in [0.1, 0.15) is 44.2 Å². The van der Waals surface area contributed by atoms with Crippen LogP contribution in [0.5, 0.6) is 0 Å². The van der Waals surface area contributed by atoms with E-state index < -0.39 is 0 Å². The van der Waals surface area contributed by atoms with Gasteiger partial charge < -0.3 is 10.2 Å². The maximum atomic E-state index is 12.1. The van der Waals surface area contributed by atoms with Crippen molar-refractivity contribution in [3.8, 4) is 0 Å². The molecule has 1 aromatic carbocycles. The number of nitrogens with one attached hydrogen (secondary N) is 1. The van der Waals surface area contributed by atoms with Gasteiger partial charge in [-0.15, -0.1) is 0 Å². The van der Waals surface area contributed by atoms with Crippen molar-refractivity contribution in [2.45, 2.75) is 47.0 Å². The lowest BCUT2D eigenvalue weighted by Crippen LogP contribution is -2.35. The second-order valence-corrected chi connectivity index (χ2v) is 5.42. The molecule has 116 valence electrons. The molecule has 1 N–H and O–H groups in total. The van der Waals surface area contributed by atoms with Crippen LogP contribution in [-0.2, 0) is 9.59 Å². The summed E-state index contributed by atoms with van der Waals surface area (Å²) in [7, 11) is 0. The number of benzene rings is 1. The molecule has 0 aliphatic carbocycles. The Labute approximate surface area is 127 Å². The van der Waals surface area contributed by atoms with Gasteiger partial charge in [-0.1, -0.05) is 31.5 Å². The molecule has 0 saturated heterocycles. The molecule has 0 radical (unpaired) electrons. The van der Waals surface area contributed by atoms with Gasteiger partial charge in [0.25, 0.3) is 0 Å². The first-order valence-electron chi connectivity index (χ1n) is 7.62. The van der Waals surface area contributed by atoms with Gasteiger partial charge in [-0.05, 0) is 38.3 Å². The van der Waals surface area contributed by atoms with Crippen LogP contribution in [-0.4, -0.2) is 29.8 Å². The van der Waals surface area contributed by atoms with Crippen LogP contribution in [0.15, 0.2) is 18.2 Å². The van der Waals surface area contributed by atoms with Crippen LogP contribution in [0, 0.1) is 13.8 Å². The highest BCUT2D eigenvalue weighted by Gasteiger charge is 2.16. The molecular formula is C17H26N2O2. The molecule has 0 aliphatic rings. The van der Waals surface area contributed by atoms with Gasteiger partial charge in [0.15, 0.2) is 0 Å². The van der Waals surface area contributed by atoms with Crippen LogP contribution < -0.4 is 5.32 Å². The van der Waals surface area contributed by atoms with Gasteiger partial charge in [-0.3, -0.25) is 9.59 Å². The molecule has 0 aliphatic heterocycles. The molecule has 0 fully saturated rings. The van der Waals surface area contributed by atoms with Gasteiger partial charge in [-0.2, -0.15) is 0 Å². The van der Waals surface area contributed by atoms with Crippen molar-refractivity contribution in [1.82, 2.24) is 4.90 Å². The van der Waals surface area contributed by atoms with Crippen LogP contribution in [0.3, 0.4) is 0 Å². The molecule has 4 heteroatoms. The number of nitrogens with zero attached hydrogens (tertiary/aromatic N) is 1. The molecule has 0 atom stereocenters. The van der Waals surface area contributed by atoms with Gasteiger partial charge in [-0.25, -0.2) is 0 Å². The zero-order valence-electron chi connectivity index (χ0n) is 13.5. The molecule has 0 bridgehead atoms. The second kappa shape index (κ2) is 8.45. The van der Waals surface area contributed by atoms with Crippen molar-refractivity contribution in [1.29, 1.82) is 0 Å². The summed E-state index contributed by atoms with van der Waals surface area (Å²) in [5.74, 6) is -0.342. The predicted octanol–water partition coefficient (Wildman–Crippen LogP) is 3.28. The van der Waals surface area contributed by atoms with E-state index in [-0.39, 0.29) is 18.2 Å². The van der Waals surface area contributed by atoms with Gasteiger partial charge in [0.05, 0.1) is 0 Å². The second-order valence-electron chi connectivity index (χ2n) is 5.42. The highest BCUT2D eigenvalue weighted by molar-refractivity contribution is 6.03. The lowest BCUT2D eigenvalue weighted by molar-refractivity contribution is -0.134.